The second kappa shape index (κ2) is 6.74. The molecule has 0 amide bonds. The Bertz CT molecular complexity index is 395. The lowest BCUT2D eigenvalue weighted by Gasteiger charge is -2.20. The number of rotatable bonds is 3. The smallest absolute Gasteiger partial charge is 0.130 e. The molecule has 1 aromatic heterocycles. The van der Waals surface area contributed by atoms with Gasteiger partial charge >= 0.3 is 0 Å². The average Bonchev–Trinajstić information content (AvgIpc) is 2.58. The van der Waals surface area contributed by atoms with Crippen LogP contribution in [0.4, 0.5) is 0 Å². The Morgan fingerprint density at radius 1 is 1.33 bits per heavy atom. The largest absolute Gasteiger partial charge is 0.299 e. The Balaban J connectivity index is 1.96. The minimum Gasteiger partial charge on any atom is -0.299 e. The Morgan fingerprint density at radius 2 is 2.17 bits per heavy atom. The highest BCUT2D eigenvalue weighted by Crippen LogP contribution is 2.24. The molecule has 1 saturated heterocycles. The minimum absolute atomic E-state index is 0.464. The van der Waals surface area contributed by atoms with Crippen LogP contribution in [0.2, 0.25) is 10.2 Å². The van der Waals surface area contributed by atoms with Gasteiger partial charge in [-0.1, -0.05) is 36.5 Å². The SMILES string of the molecule is CCC1CCCN(Cc2cnc(Cl)cc2Cl)CC1. The van der Waals surface area contributed by atoms with Gasteiger partial charge in [-0.3, -0.25) is 4.90 Å². The topological polar surface area (TPSA) is 16.1 Å². The van der Waals surface area contributed by atoms with Crippen LogP contribution in [0.15, 0.2) is 12.3 Å². The normalized spacial score (nSPS) is 21.8. The van der Waals surface area contributed by atoms with E-state index < -0.39 is 0 Å². The van der Waals surface area contributed by atoms with Gasteiger partial charge in [0.1, 0.15) is 5.15 Å². The first-order chi connectivity index (χ1) is 8.69. The van der Waals surface area contributed by atoms with Crippen LogP contribution in [0.3, 0.4) is 0 Å². The number of hydrogen-bond acceptors (Lipinski definition) is 2. The number of hydrogen-bond donors (Lipinski definition) is 0. The van der Waals surface area contributed by atoms with Gasteiger partial charge in [-0.2, -0.15) is 0 Å². The fourth-order valence-electron chi connectivity index (χ4n) is 2.58. The maximum absolute atomic E-state index is 6.19. The van der Waals surface area contributed by atoms with E-state index in [-0.39, 0.29) is 0 Å². The summed E-state index contributed by atoms with van der Waals surface area (Å²) in [5, 5.41) is 1.19. The maximum atomic E-state index is 6.19. The third-order valence-electron chi connectivity index (χ3n) is 3.81. The predicted octanol–water partition coefficient (Wildman–Crippen LogP) is 4.40. The van der Waals surface area contributed by atoms with E-state index in [0.717, 1.165) is 36.1 Å². The van der Waals surface area contributed by atoms with Crippen molar-refractivity contribution in [1.82, 2.24) is 9.88 Å². The van der Waals surface area contributed by atoms with Crippen LogP contribution < -0.4 is 0 Å². The van der Waals surface area contributed by atoms with E-state index in [9.17, 15) is 0 Å². The first kappa shape index (κ1) is 14.1. The molecule has 4 heteroatoms. The first-order valence-corrected chi connectivity index (χ1v) is 7.47. The van der Waals surface area contributed by atoms with Crippen LogP contribution in [0.1, 0.15) is 38.2 Å². The molecule has 0 radical (unpaired) electrons. The summed E-state index contributed by atoms with van der Waals surface area (Å²) in [6, 6.07) is 1.73. The molecule has 1 aliphatic heterocycles. The van der Waals surface area contributed by atoms with Crippen LogP contribution in [0.25, 0.3) is 0 Å². The molecule has 2 nitrogen and oxygen atoms in total. The molecule has 1 fully saturated rings. The molecule has 0 aliphatic carbocycles. The molecular formula is C14H20Cl2N2. The summed E-state index contributed by atoms with van der Waals surface area (Å²) >= 11 is 12.0. The van der Waals surface area contributed by atoms with Crippen LogP contribution in [0.5, 0.6) is 0 Å². The highest BCUT2D eigenvalue weighted by Gasteiger charge is 2.16. The van der Waals surface area contributed by atoms with E-state index >= 15 is 0 Å². The van der Waals surface area contributed by atoms with Gasteiger partial charge in [0.2, 0.25) is 0 Å². The zero-order valence-electron chi connectivity index (χ0n) is 10.8. The average molecular weight is 287 g/mol. The lowest BCUT2D eigenvalue weighted by atomic mass is 9.98. The van der Waals surface area contributed by atoms with Gasteiger partial charge in [-0.15, -0.1) is 0 Å². The van der Waals surface area contributed by atoms with Crippen molar-refractivity contribution in [3.8, 4) is 0 Å². The molecule has 1 unspecified atom stereocenters. The van der Waals surface area contributed by atoms with Gasteiger partial charge in [0.15, 0.2) is 0 Å². The minimum atomic E-state index is 0.464. The Kier molecular flexibility index (Phi) is 5.28. The summed E-state index contributed by atoms with van der Waals surface area (Å²) < 4.78 is 0. The number of halogens is 2. The van der Waals surface area contributed by atoms with Crippen LogP contribution in [0, 0.1) is 5.92 Å². The van der Waals surface area contributed by atoms with Crippen molar-refractivity contribution in [2.75, 3.05) is 13.1 Å². The molecule has 100 valence electrons. The lowest BCUT2D eigenvalue weighted by molar-refractivity contribution is 0.272. The van der Waals surface area contributed by atoms with E-state index in [1.165, 1.54) is 25.7 Å². The summed E-state index contributed by atoms with van der Waals surface area (Å²) in [6.45, 7) is 5.51. The van der Waals surface area contributed by atoms with Crippen molar-refractivity contribution >= 4 is 23.2 Å². The third kappa shape index (κ3) is 3.84. The third-order valence-corrected chi connectivity index (χ3v) is 4.37. The summed E-state index contributed by atoms with van der Waals surface area (Å²) in [5.41, 5.74) is 1.08. The fraction of sp³-hybridized carbons (Fsp3) is 0.643. The molecule has 0 N–H and O–H groups in total. The van der Waals surface area contributed by atoms with Crippen molar-refractivity contribution in [3.63, 3.8) is 0 Å². The van der Waals surface area contributed by atoms with Crippen molar-refractivity contribution < 1.29 is 0 Å². The Morgan fingerprint density at radius 3 is 2.89 bits per heavy atom. The molecule has 0 spiro atoms. The molecule has 2 rings (SSSR count). The highest BCUT2D eigenvalue weighted by molar-refractivity contribution is 6.34. The van der Waals surface area contributed by atoms with Gasteiger partial charge in [0.25, 0.3) is 0 Å². The number of nitrogens with zero attached hydrogens (tertiary/aromatic N) is 2. The molecule has 0 saturated carbocycles. The Labute approximate surface area is 119 Å². The molecule has 1 aromatic rings. The molecule has 0 aromatic carbocycles. The summed E-state index contributed by atoms with van der Waals surface area (Å²) in [7, 11) is 0. The van der Waals surface area contributed by atoms with Crippen molar-refractivity contribution in [2.24, 2.45) is 5.92 Å². The predicted molar refractivity (Wildman–Crippen MR) is 77.2 cm³/mol. The summed E-state index contributed by atoms with van der Waals surface area (Å²) in [6.07, 6.45) is 7.05. The zero-order valence-corrected chi connectivity index (χ0v) is 12.3. The van der Waals surface area contributed by atoms with E-state index in [4.69, 9.17) is 23.2 Å². The number of aromatic nitrogens is 1. The van der Waals surface area contributed by atoms with Gasteiger partial charge in [0.05, 0.1) is 0 Å². The van der Waals surface area contributed by atoms with E-state index in [1.54, 1.807) is 12.3 Å². The molecule has 18 heavy (non-hydrogen) atoms. The first-order valence-electron chi connectivity index (χ1n) is 6.71. The van der Waals surface area contributed by atoms with Gasteiger partial charge in [0, 0.05) is 23.3 Å². The second-order valence-corrected chi connectivity index (χ2v) is 5.87. The van der Waals surface area contributed by atoms with Gasteiger partial charge in [-0.25, -0.2) is 4.98 Å². The van der Waals surface area contributed by atoms with Crippen molar-refractivity contribution in [1.29, 1.82) is 0 Å². The van der Waals surface area contributed by atoms with E-state index in [0.29, 0.717) is 5.15 Å². The zero-order chi connectivity index (χ0) is 13.0. The van der Waals surface area contributed by atoms with Crippen LogP contribution in [-0.4, -0.2) is 23.0 Å². The summed E-state index contributed by atoms with van der Waals surface area (Å²) in [4.78, 5) is 6.59. The molecule has 0 bridgehead atoms. The quantitative estimate of drug-likeness (QED) is 0.766. The van der Waals surface area contributed by atoms with E-state index in [2.05, 4.69) is 16.8 Å². The van der Waals surface area contributed by atoms with Gasteiger partial charge in [-0.05, 0) is 44.3 Å². The number of pyridine rings is 1. The second-order valence-electron chi connectivity index (χ2n) is 5.08. The number of likely N-dealkylation sites (tertiary alicyclic amines) is 1. The fourth-order valence-corrected chi connectivity index (χ4v) is 3.01. The standard InChI is InChI=1S/C14H20Cl2N2/c1-2-11-4-3-6-18(7-5-11)10-12-9-17-14(16)8-13(12)15/h8-9,11H,2-7,10H2,1H3. The van der Waals surface area contributed by atoms with Crippen molar-refractivity contribution in [3.05, 3.63) is 28.0 Å². The van der Waals surface area contributed by atoms with Crippen LogP contribution >= 0.6 is 23.2 Å². The highest BCUT2D eigenvalue weighted by atomic mass is 35.5. The lowest BCUT2D eigenvalue weighted by Crippen LogP contribution is -2.24. The molecule has 1 aliphatic rings. The molecule has 1 atom stereocenters. The van der Waals surface area contributed by atoms with Crippen LogP contribution in [-0.2, 0) is 6.54 Å². The van der Waals surface area contributed by atoms with Crippen molar-refractivity contribution in [2.45, 2.75) is 39.2 Å². The Hall–Kier alpha value is -0.310. The molecular weight excluding hydrogens is 267 g/mol. The summed E-state index contributed by atoms with van der Waals surface area (Å²) in [5.74, 6) is 0.897. The maximum Gasteiger partial charge on any atom is 0.130 e. The molecule has 2 heterocycles. The van der Waals surface area contributed by atoms with E-state index in [1.807, 2.05) is 0 Å². The van der Waals surface area contributed by atoms with Gasteiger partial charge < -0.3 is 0 Å². The monoisotopic (exact) mass is 286 g/mol.